The number of sulfone groups is 1. The molecule has 0 bridgehead atoms. The van der Waals surface area contributed by atoms with Crippen molar-refractivity contribution in [2.75, 3.05) is 11.5 Å². The van der Waals surface area contributed by atoms with Gasteiger partial charge in [0.1, 0.15) is 0 Å². The third-order valence-corrected chi connectivity index (χ3v) is 4.29. The highest BCUT2D eigenvalue weighted by Gasteiger charge is 2.29. The van der Waals surface area contributed by atoms with Crippen molar-refractivity contribution in [3.8, 4) is 0 Å². The maximum atomic E-state index is 11.2. The standard InChI is InChI=1S/C8H10N2O5S/c11-8(12)7-9-6(15-10-7)3-5-1-2-16(13,14)4-5/h5H,1-4H2,(H,11,12). The summed E-state index contributed by atoms with van der Waals surface area (Å²) in [7, 11) is -2.93. The minimum atomic E-state index is -2.93. The molecule has 0 radical (unpaired) electrons. The number of hydrogen-bond donors (Lipinski definition) is 1. The second kappa shape index (κ2) is 3.85. The van der Waals surface area contributed by atoms with Crippen molar-refractivity contribution in [1.29, 1.82) is 0 Å². The zero-order chi connectivity index (χ0) is 11.8. The molecule has 0 amide bonds. The van der Waals surface area contributed by atoms with Gasteiger partial charge >= 0.3 is 5.97 Å². The highest BCUT2D eigenvalue weighted by molar-refractivity contribution is 7.91. The Morgan fingerprint density at radius 1 is 1.56 bits per heavy atom. The van der Waals surface area contributed by atoms with E-state index in [1.807, 2.05) is 0 Å². The topological polar surface area (TPSA) is 110 Å². The van der Waals surface area contributed by atoms with Crippen molar-refractivity contribution in [3.63, 3.8) is 0 Å². The Morgan fingerprint density at radius 3 is 2.81 bits per heavy atom. The maximum Gasteiger partial charge on any atom is 0.377 e. The van der Waals surface area contributed by atoms with Gasteiger partial charge in [-0.25, -0.2) is 13.2 Å². The lowest BCUT2D eigenvalue weighted by molar-refractivity contribution is 0.0680. The van der Waals surface area contributed by atoms with Crippen LogP contribution in [0.1, 0.15) is 22.9 Å². The molecule has 0 saturated carbocycles. The summed E-state index contributed by atoms with van der Waals surface area (Å²) in [5, 5.41) is 11.8. The van der Waals surface area contributed by atoms with E-state index < -0.39 is 21.6 Å². The van der Waals surface area contributed by atoms with Crippen molar-refractivity contribution < 1.29 is 22.8 Å². The molecule has 0 aliphatic carbocycles. The lowest BCUT2D eigenvalue weighted by atomic mass is 10.1. The van der Waals surface area contributed by atoms with Crippen LogP contribution < -0.4 is 0 Å². The fraction of sp³-hybridized carbons (Fsp3) is 0.625. The molecule has 1 aromatic heterocycles. The van der Waals surface area contributed by atoms with Gasteiger partial charge in [-0.1, -0.05) is 0 Å². The van der Waals surface area contributed by atoms with Crippen LogP contribution in [0, 0.1) is 5.92 Å². The van der Waals surface area contributed by atoms with Gasteiger partial charge in [-0.05, 0) is 17.5 Å². The number of rotatable bonds is 3. The lowest BCUT2D eigenvalue weighted by Gasteiger charge is -2.01. The van der Waals surface area contributed by atoms with Gasteiger partial charge in [-0.15, -0.1) is 0 Å². The second-order valence-electron chi connectivity index (χ2n) is 3.79. The normalized spacial score (nSPS) is 23.4. The Balaban J connectivity index is 2.02. The van der Waals surface area contributed by atoms with E-state index in [9.17, 15) is 13.2 Å². The molecule has 0 spiro atoms. The van der Waals surface area contributed by atoms with Gasteiger partial charge in [0.15, 0.2) is 9.84 Å². The van der Waals surface area contributed by atoms with Gasteiger partial charge in [0.05, 0.1) is 11.5 Å². The molecule has 16 heavy (non-hydrogen) atoms. The third-order valence-electron chi connectivity index (χ3n) is 2.45. The average molecular weight is 246 g/mol. The molecule has 1 atom stereocenters. The second-order valence-corrected chi connectivity index (χ2v) is 6.02. The van der Waals surface area contributed by atoms with Gasteiger partial charge < -0.3 is 9.63 Å². The molecular formula is C8H10N2O5S. The number of aromatic nitrogens is 2. The Kier molecular flexibility index (Phi) is 2.66. The zero-order valence-electron chi connectivity index (χ0n) is 8.29. The molecule has 1 N–H and O–H groups in total. The summed E-state index contributed by atoms with van der Waals surface area (Å²) >= 11 is 0. The first-order chi connectivity index (χ1) is 7.46. The lowest BCUT2D eigenvalue weighted by Crippen LogP contribution is -2.08. The van der Waals surface area contributed by atoms with Crippen LogP contribution in [0.4, 0.5) is 0 Å². The van der Waals surface area contributed by atoms with E-state index in [-0.39, 0.29) is 23.3 Å². The maximum absolute atomic E-state index is 11.2. The summed E-state index contributed by atoms with van der Waals surface area (Å²) in [5.41, 5.74) is 0. The highest BCUT2D eigenvalue weighted by Crippen LogP contribution is 2.21. The summed E-state index contributed by atoms with van der Waals surface area (Å²) in [5.74, 6) is -1.23. The van der Waals surface area contributed by atoms with E-state index in [1.165, 1.54) is 0 Å². The first-order valence-corrected chi connectivity index (χ1v) is 6.55. The van der Waals surface area contributed by atoms with Crippen molar-refractivity contribution in [1.82, 2.24) is 10.1 Å². The first-order valence-electron chi connectivity index (χ1n) is 4.72. The summed E-state index contributed by atoms with van der Waals surface area (Å²) in [6.07, 6.45) is 0.882. The van der Waals surface area contributed by atoms with Crippen LogP contribution in [0.3, 0.4) is 0 Å². The molecule has 1 fully saturated rings. The van der Waals surface area contributed by atoms with E-state index >= 15 is 0 Å². The Hall–Kier alpha value is -1.44. The Labute approximate surface area is 91.4 Å². The molecule has 0 aromatic carbocycles. The number of hydrogen-bond acceptors (Lipinski definition) is 6. The monoisotopic (exact) mass is 246 g/mol. The van der Waals surface area contributed by atoms with Crippen LogP contribution in [0.15, 0.2) is 4.52 Å². The predicted octanol–water partition coefficient (Wildman–Crippen LogP) is -0.255. The average Bonchev–Trinajstić information content (AvgIpc) is 2.73. The molecule has 2 heterocycles. The van der Waals surface area contributed by atoms with Gasteiger partial charge in [0.25, 0.3) is 5.82 Å². The molecule has 2 rings (SSSR count). The van der Waals surface area contributed by atoms with Crippen LogP contribution in [-0.2, 0) is 16.3 Å². The van der Waals surface area contributed by atoms with Gasteiger partial charge in [-0.2, -0.15) is 4.98 Å². The minimum absolute atomic E-state index is 0.0490. The van der Waals surface area contributed by atoms with Gasteiger partial charge in [0.2, 0.25) is 5.89 Å². The highest BCUT2D eigenvalue weighted by atomic mass is 32.2. The van der Waals surface area contributed by atoms with Crippen LogP contribution in [0.25, 0.3) is 0 Å². The number of carboxylic acid groups (broad SMARTS) is 1. The largest absolute Gasteiger partial charge is 0.475 e. The van der Waals surface area contributed by atoms with E-state index in [4.69, 9.17) is 9.63 Å². The fourth-order valence-electron chi connectivity index (χ4n) is 1.70. The van der Waals surface area contributed by atoms with Crippen molar-refractivity contribution >= 4 is 15.8 Å². The van der Waals surface area contributed by atoms with E-state index in [0.29, 0.717) is 12.8 Å². The number of aromatic carboxylic acids is 1. The molecule has 8 heteroatoms. The minimum Gasteiger partial charge on any atom is -0.475 e. The SMILES string of the molecule is O=C(O)c1noc(CC2CCS(=O)(=O)C2)n1. The molecule has 1 aliphatic heterocycles. The molecule has 1 aliphatic rings. The smallest absolute Gasteiger partial charge is 0.377 e. The molecular weight excluding hydrogens is 236 g/mol. The van der Waals surface area contributed by atoms with Crippen LogP contribution in [0.2, 0.25) is 0 Å². The van der Waals surface area contributed by atoms with Crippen LogP contribution >= 0.6 is 0 Å². The van der Waals surface area contributed by atoms with Crippen LogP contribution in [0.5, 0.6) is 0 Å². The van der Waals surface area contributed by atoms with Gasteiger partial charge in [-0.3, -0.25) is 0 Å². The summed E-state index contributed by atoms with van der Waals surface area (Å²) in [4.78, 5) is 14.1. The van der Waals surface area contributed by atoms with Crippen molar-refractivity contribution in [2.24, 2.45) is 5.92 Å². The van der Waals surface area contributed by atoms with E-state index in [2.05, 4.69) is 10.1 Å². The summed E-state index contributed by atoms with van der Waals surface area (Å²) < 4.78 is 27.1. The fourth-order valence-corrected chi connectivity index (χ4v) is 3.57. The van der Waals surface area contributed by atoms with Gasteiger partial charge in [0, 0.05) is 6.42 Å². The zero-order valence-corrected chi connectivity index (χ0v) is 9.11. The number of carbonyl (C=O) groups is 1. The van der Waals surface area contributed by atoms with Crippen molar-refractivity contribution in [2.45, 2.75) is 12.8 Å². The predicted molar refractivity (Wildman–Crippen MR) is 51.7 cm³/mol. The number of nitrogens with zero attached hydrogens (tertiary/aromatic N) is 2. The molecule has 1 unspecified atom stereocenters. The Bertz CT molecular complexity index is 506. The third kappa shape index (κ3) is 2.38. The molecule has 1 aromatic rings. The number of carboxylic acids is 1. The van der Waals surface area contributed by atoms with Crippen LogP contribution in [-0.4, -0.2) is 41.1 Å². The molecule has 1 saturated heterocycles. The quantitative estimate of drug-likeness (QED) is 0.782. The van der Waals surface area contributed by atoms with E-state index in [1.54, 1.807) is 0 Å². The molecule has 7 nitrogen and oxygen atoms in total. The first kappa shape index (κ1) is 11.1. The summed E-state index contributed by atoms with van der Waals surface area (Å²) in [6, 6.07) is 0. The summed E-state index contributed by atoms with van der Waals surface area (Å²) in [6.45, 7) is 0. The van der Waals surface area contributed by atoms with E-state index in [0.717, 1.165) is 0 Å². The van der Waals surface area contributed by atoms with Crippen molar-refractivity contribution in [3.05, 3.63) is 11.7 Å². The molecule has 88 valence electrons. The Morgan fingerprint density at radius 2 is 2.31 bits per heavy atom.